The molecule has 0 saturated carbocycles. The van der Waals surface area contributed by atoms with Crippen molar-refractivity contribution in [1.29, 1.82) is 0 Å². The fourth-order valence-electron chi connectivity index (χ4n) is 2.74. The van der Waals surface area contributed by atoms with E-state index in [1.165, 1.54) is 17.9 Å². The van der Waals surface area contributed by atoms with E-state index in [2.05, 4.69) is 18.5 Å². The molecule has 1 unspecified atom stereocenters. The first-order chi connectivity index (χ1) is 12.2. The molecule has 1 N–H and O–H groups in total. The van der Waals surface area contributed by atoms with Crippen LogP contribution >= 0.6 is 23.2 Å². The summed E-state index contributed by atoms with van der Waals surface area (Å²) in [7, 11) is 0. The maximum absolute atomic E-state index is 12.9. The minimum absolute atomic E-state index is 0.252. The number of amides is 4. The van der Waals surface area contributed by atoms with Crippen LogP contribution in [-0.2, 0) is 15.1 Å². The number of benzene rings is 1. The van der Waals surface area contributed by atoms with Gasteiger partial charge in [0, 0.05) is 28.7 Å². The van der Waals surface area contributed by atoms with Gasteiger partial charge in [0.2, 0.25) is 5.91 Å². The van der Waals surface area contributed by atoms with Gasteiger partial charge in [-0.3, -0.25) is 14.5 Å². The second kappa shape index (κ2) is 7.93. The first kappa shape index (κ1) is 20.0. The SMILES string of the molecule is C=CCN(CC=C)C(=O)CN1C(=O)NC(C)(c2ccc(Cl)cc2Cl)C1=O. The van der Waals surface area contributed by atoms with Crippen molar-refractivity contribution in [3.05, 3.63) is 59.1 Å². The number of carbonyl (C=O) groups excluding carboxylic acids is 3. The molecule has 0 bridgehead atoms. The van der Waals surface area contributed by atoms with Crippen molar-refractivity contribution in [2.45, 2.75) is 12.5 Å². The number of rotatable bonds is 7. The number of hydrogen-bond acceptors (Lipinski definition) is 3. The molecule has 6 nitrogen and oxygen atoms in total. The summed E-state index contributed by atoms with van der Waals surface area (Å²) < 4.78 is 0. The van der Waals surface area contributed by atoms with E-state index in [9.17, 15) is 14.4 Å². The van der Waals surface area contributed by atoms with Crippen molar-refractivity contribution >= 4 is 41.0 Å². The van der Waals surface area contributed by atoms with Crippen molar-refractivity contribution < 1.29 is 14.4 Å². The van der Waals surface area contributed by atoms with E-state index in [4.69, 9.17) is 23.2 Å². The highest BCUT2D eigenvalue weighted by atomic mass is 35.5. The molecular formula is C18H19Cl2N3O3. The van der Waals surface area contributed by atoms with E-state index >= 15 is 0 Å². The minimum atomic E-state index is -1.37. The van der Waals surface area contributed by atoms with Crippen LogP contribution in [0.5, 0.6) is 0 Å². The van der Waals surface area contributed by atoms with Gasteiger partial charge in [-0.2, -0.15) is 0 Å². The van der Waals surface area contributed by atoms with Crippen LogP contribution in [0.1, 0.15) is 12.5 Å². The largest absolute Gasteiger partial charge is 0.334 e. The van der Waals surface area contributed by atoms with E-state index < -0.39 is 17.5 Å². The summed E-state index contributed by atoms with van der Waals surface area (Å²) in [5.41, 5.74) is -0.966. The third-order valence-corrected chi connectivity index (χ3v) is 4.64. The lowest BCUT2D eigenvalue weighted by atomic mass is 9.92. The lowest BCUT2D eigenvalue weighted by Crippen LogP contribution is -2.44. The second-order valence-corrected chi connectivity index (χ2v) is 6.79. The van der Waals surface area contributed by atoms with E-state index in [-0.39, 0.29) is 30.6 Å². The normalized spacial score (nSPS) is 19.3. The average Bonchev–Trinajstić information content (AvgIpc) is 2.78. The van der Waals surface area contributed by atoms with Gasteiger partial charge in [-0.25, -0.2) is 4.79 Å². The molecule has 4 amide bonds. The Kier molecular flexibility index (Phi) is 6.10. The number of imide groups is 1. The summed E-state index contributed by atoms with van der Waals surface area (Å²) in [6.45, 7) is 8.92. The molecule has 0 spiro atoms. The molecule has 138 valence electrons. The zero-order valence-electron chi connectivity index (χ0n) is 14.3. The highest BCUT2D eigenvalue weighted by molar-refractivity contribution is 6.35. The summed E-state index contributed by atoms with van der Waals surface area (Å²) in [6, 6.07) is 3.99. The predicted octanol–water partition coefficient (Wildman–Crippen LogP) is 2.96. The topological polar surface area (TPSA) is 69.7 Å². The second-order valence-electron chi connectivity index (χ2n) is 5.95. The van der Waals surface area contributed by atoms with Gasteiger partial charge in [0.1, 0.15) is 12.1 Å². The Balaban J connectivity index is 2.26. The first-order valence-electron chi connectivity index (χ1n) is 7.83. The Hall–Kier alpha value is -2.31. The molecular weight excluding hydrogens is 377 g/mol. The van der Waals surface area contributed by atoms with Gasteiger partial charge in [0.15, 0.2) is 0 Å². The predicted molar refractivity (Wildman–Crippen MR) is 101 cm³/mol. The van der Waals surface area contributed by atoms with E-state index in [1.54, 1.807) is 24.3 Å². The van der Waals surface area contributed by atoms with Crippen molar-refractivity contribution in [1.82, 2.24) is 15.1 Å². The number of carbonyl (C=O) groups is 3. The Morgan fingerprint density at radius 1 is 1.27 bits per heavy atom. The summed E-state index contributed by atoms with van der Waals surface area (Å²) in [5, 5.41) is 3.28. The summed E-state index contributed by atoms with van der Waals surface area (Å²) in [5.74, 6) is -0.947. The molecule has 2 rings (SSSR count). The van der Waals surface area contributed by atoms with Crippen molar-refractivity contribution in [3.8, 4) is 0 Å². The number of urea groups is 1. The van der Waals surface area contributed by atoms with Crippen molar-refractivity contribution in [2.24, 2.45) is 0 Å². The Morgan fingerprint density at radius 3 is 2.42 bits per heavy atom. The van der Waals surface area contributed by atoms with Crippen LogP contribution in [0.3, 0.4) is 0 Å². The first-order valence-corrected chi connectivity index (χ1v) is 8.59. The fourth-order valence-corrected chi connectivity index (χ4v) is 3.34. The highest BCUT2D eigenvalue weighted by Gasteiger charge is 2.50. The third kappa shape index (κ3) is 3.76. The zero-order chi connectivity index (χ0) is 19.5. The highest BCUT2D eigenvalue weighted by Crippen LogP contribution is 2.34. The minimum Gasteiger partial charge on any atom is -0.334 e. The van der Waals surface area contributed by atoms with E-state index in [1.807, 2.05) is 0 Å². The van der Waals surface area contributed by atoms with Crippen LogP contribution in [0, 0.1) is 0 Å². The van der Waals surface area contributed by atoms with Gasteiger partial charge in [0.25, 0.3) is 5.91 Å². The smallest absolute Gasteiger partial charge is 0.325 e. The molecule has 0 radical (unpaired) electrons. The van der Waals surface area contributed by atoms with Crippen LogP contribution in [0.15, 0.2) is 43.5 Å². The van der Waals surface area contributed by atoms with Crippen LogP contribution in [0.25, 0.3) is 0 Å². The van der Waals surface area contributed by atoms with Crippen LogP contribution in [0.2, 0.25) is 10.0 Å². The third-order valence-electron chi connectivity index (χ3n) is 4.09. The standard InChI is InChI=1S/C18H19Cl2N3O3/c1-4-8-22(9-5-2)15(24)11-23-16(25)18(3,21-17(23)26)13-7-6-12(19)10-14(13)20/h4-7,10H,1-2,8-9,11H2,3H3,(H,21,26). The fraction of sp³-hybridized carbons (Fsp3) is 0.278. The monoisotopic (exact) mass is 395 g/mol. The number of halogens is 2. The lowest BCUT2D eigenvalue weighted by Gasteiger charge is -2.24. The number of nitrogens with one attached hydrogen (secondary N) is 1. The Labute approximate surface area is 162 Å². The Bertz CT molecular complexity index is 771. The van der Waals surface area contributed by atoms with Gasteiger partial charge in [0.05, 0.1) is 0 Å². The molecule has 1 fully saturated rings. The van der Waals surface area contributed by atoms with Gasteiger partial charge in [-0.1, -0.05) is 41.4 Å². The molecule has 1 aliphatic rings. The van der Waals surface area contributed by atoms with Crippen LogP contribution < -0.4 is 5.32 Å². The summed E-state index contributed by atoms with van der Waals surface area (Å²) in [4.78, 5) is 40.0. The van der Waals surface area contributed by atoms with Crippen molar-refractivity contribution in [2.75, 3.05) is 19.6 Å². The van der Waals surface area contributed by atoms with Crippen LogP contribution in [0.4, 0.5) is 4.79 Å². The van der Waals surface area contributed by atoms with Gasteiger partial charge in [-0.15, -0.1) is 13.2 Å². The molecule has 1 aliphatic heterocycles. The molecule has 8 heteroatoms. The molecule has 1 aromatic carbocycles. The molecule has 1 saturated heterocycles. The maximum atomic E-state index is 12.9. The number of nitrogens with zero attached hydrogens (tertiary/aromatic N) is 2. The van der Waals surface area contributed by atoms with E-state index in [0.717, 1.165) is 4.90 Å². The molecule has 1 heterocycles. The van der Waals surface area contributed by atoms with Gasteiger partial charge < -0.3 is 10.2 Å². The molecule has 1 aromatic rings. The Morgan fingerprint density at radius 2 is 1.88 bits per heavy atom. The van der Waals surface area contributed by atoms with Gasteiger partial charge in [-0.05, 0) is 19.1 Å². The van der Waals surface area contributed by atoms with E-state index in [0.29, 0.717) is 10.6 Å². The zero-order valence-corrected chi connectivity index (χ0v) is 15.8. The molecule has 0 aliphatic carbocycles. The average molecular weight is 396 g/mol. The molecule has 0 aromatic heterocycles. The van der Waals surface area contributed by atoms with Crippen molar-refractivity contribution in [3.63, 3.8) is 0 Å². The molecule has 1 atom stereocenters. The lowest BCUT2D eigenvalue weighted by molar-refractivity contribution is -0.138. The molecule has 26 heavy (non-hydrogen) atoms. The quantitative estimate of drug-likeness (QED) is 0.569. The maximum Gasteiger partial charge on any atom is 0.325 e. The summed E-state index contributed by atoms with van der Waals surface area (Å²) >= 11 is 12.1. The number of hydrogen-bond donors (Lipinski definition) is 1. The van der Waals surface area contributed by atoms with Gasteiger partial charge >= 0.3 is 6.03 Å². The van der Waals surface area contributed by atoms with Crippen LogP contribution in [-0.4, -0.2) is 47.3 Å². The summed E-state index contributed by atoms with van der Waals surface area (Å²) in [6.07, 6.45) is 3.12.